The van der Waals surface area contributed by atoms with Crippen molar-refractivity contribution in [3.8, 4) is 0 Å². The molecule has 73 valence electrons. The molecular formula is C10H21O2. The van der Waals surface area contributed by atoms with Gasteiger partial charge in [0, 0.05) is 13.2 Å². The molecule has 0 amide bonds. The van der Waals surface area contributed by atoms with Crippen LogP contribution in [0.3, 0.4) is 0 Å². The smallest absolute Gasteiger partial charge is 0.0700 e. The Bertz CT molecular complexity index is 81.9. The minimum absolute atomic E-state index is 0.616. The molecule has 2 nitrogen and oxygen atoms in total. The molecule has 0 aromatic heterocycles. The van der Waals surface area contributed by atoms with Crippen molar-refractivity contribution in [2.24, 2.45) is 5.92 Å². The maximum Gasteiger partial charge on any atom is 0.0700 e. The van der Waals surface area contributed by atoms with E-state index in [1.807, 2.05) is 0 Å². The molecule has 0 unspecified atom stereocenters. The number of hydrogen-bond donors (Lipinski definition) is 0. The van der Waals surface area contributed by atoms with E-state index in [0.717, 1.165) is 32.7 Å². The third kappa shape index (κ3) is 9.92. The average Bonchev–Trinajstić information content (AvgIpc) is 2.02. The fourth-order valence-electron chi connectivity index (χ4n) is 0.743. The summed E-state index contributed by atoms with van der Waals surface area (Å²) in [7, 11) is 0. The Kier molecular flexibility index (Phi) is 8.95. The number of unbranched alkanes of at least 4 members (excludes halogenated alkanes) is 1. The Balaban J connectivity index is 2.82. The van der Waals surface area contributed by atoms with Gasteiger partial charge in [0.05, 0.1) is 13.2 Å². The van der Waals surface area contributed by atoms with E-state index < -0.39 is 0 Å². The molecule has 0 aromatic rings. The van der Waals surface area contributed by atoms with Gasteiger partial charge < -0.3 is 9.47 Å². The second-order valence-corrected chi connectivity index (χ2v) is 3.29. The van der Waals surface area contributed by atoms with E-state index >= 15 is 0 Å². The van der Waals surface area contributed by atoms with Crippen molar-refractivity contribution < 1.29 is 9.47 Å². The van der Waals surface area contributed by atoms with E-state index in [1.54, 1.807) is 0 Å². The second-order valence-electron chi connectivity index (χ2n) is 3.29. The monoisotopic (exact) mass is 173 g/mol. The highest BCUT2D eigenvalue weighted by molar-refractivity contribution is 4.41. The van der Waals surface area contributed by atoms with Gasteiger partial charge in [-0.2, -0.15) is 0 Å². The Labute approximate surface area is 76.3 Å². The molecule has 0 atom stereocenters. The van der Waals surface area contributed by atoms with Gasteiger partial charge in [0.2, 0.25) is 0 Å². The minimum atomic E-state index is 0.616. The molecule has 0 rings (SSSR count). The zero-order chi connectivity index (χ0) is 9.23. The SMILES string of the molecule is [CH2]CCCOCCOCC(C)C. The number of rotatable bonds is 8. The molecule has 2 heteroatoms. The van der Waals surface area contributed by atoms with Gasteiger partial charge in [0.15, 0.2) is 0 Å². The number of ether oxygens (including phenoxy) is 2. The van der Waals surface area contributed by atoms with Crippen LogP contribution in [-0.2, 0) is 9.47 Å². The molecule has 0 N–H and O–H groups in total. The van der Waals surface area contributed by atoms with Gasteiger partial charge in [0.25, 0.3) is 0 Å². The van der Waals surface area contributed by atoms with Crippen LogP contribution in [-0.4, -0.2) is 26.4 Å². The molecule has 0 aliphatic heterocycles. The molecule has 0 aliphatic rings. The van der Waals surface area contributed by atoms with Gasteiger partial charge in [-0.1, -0.05) is 27.2 Å². The van der Waals surface area contributed by atoms with Crippen LogP contribution in [0.15, 0.2) is 0 Å². The van der Waals surface area contributed by atoms with Gasteiger partial charge in [-0.15, -0.1) is 0 Å². The summed E-state index contributed by atoms with van der Waals surface area (Å²) in [6.07, 6.45) is 2.00. The summed E-state index contributed by atoms with van der Waals surface area (Å²) in [6, 6.07) is 0. The van der Waals surface area contributed by atoms with Crippen molar-refractivity contribution >= 4 is 0 Å². The summed E-state index contributed by atoms with van der Waals surface area (Å²) in [4.78, 5) is 0. The molecule has 0 bridgehead atoms. The second kappa shape index (κ2) is 9.01. The normalized spacial score (nSPS) is 11.0. The Morgan fingerprint density at radius 2 is 1.75 bits per heavy atom. The van der Waals surface area contributed by atoms with Gasteiger partial charge in [-0.25, -0.2) is 0 Å². The third-order valence-corrected chi connectivity index (χ3v) is 1.36. The largest absolute Gasteiger partial charge is 0.379 e. The van der Waals surface area contributed by atoms with Crippen LogP contribution in [0.4, 0.5) is 0 Å². The summed E-state index contributed by atoms with van der Waals surface area (Å²) < 4.78 is 10.6. The third-order valence-electron chi connectivity index (χ3n) is 1.36. The maximum absolute atomic E-state index is 5.33. The van der Waals surface area contributed by atoms with Crippen molar-refractivity contribution in [3.05, 3.63) is 6.92 Å². The van der Waals surface area contributed by atoms with E-state index in [9.17, 15) is 0 Å². The van der Waals surface area contributed by atoms with Gasteiger partial charge in [-0.3, -0.25) is 0 Å². The van der Waals surface area contributed by atoms with Crippen LogP contribution in [0.2, 0.25) is 0 Å². The molecular weight excluding hydrogens is 152 g/mol. The summed E-state index contributed by atoms with van der Waals surface area (Å²) >= 11 is 0. The average molecular weight is 173 g/mol. The van der Waals surface area contributed by atoms with Crippen LogP contribution in [0, 0.1) is 12.8 Å². The van der Waals surface area contributed by atoms with Crippen molar-refractivity contribution in [1.82, 2.24) is 0 Å². The van der Waals surface area contributed by atoms with Gasteiger partial charge >= 0.3 is 0 Å². The van der Waals surface area contributed by atoms with Crippen LogP contribution in [0.5, 0.6) is 0 Å². The molecule has 12 heavy (non-hydrogen) atoms. The van der Waals surface area contributed by atoms with Crippen molar-refractivity contribution in [2.75, 3.05) is 26.4 Å². The summed E-state index contributed by atoms with van der Waals surface area (Å²) in [5, 5.41) is 0. The molecule has 0 spiro atoms. The standard InChI is InChI=1S/C10H21O2/c1-4-5-6-11-7-8-12-9-10(2)3/h10H,1,4-9H2,2-3H3. The molecule has 0 heterocycles. The lowest BCUT2D eigenvalue weighted by Crippen LogP contribution is -2.08. The first-order valence-corrected chi connectivity index (χ1v) is 4.72. The van der Waals surface area contributed by atoms with E-state index in [2.05, 4.69) is 20.8 Å². The van der Waals surface area contributed by atoms with E-state index in [4.69, 9.17) is 9.47 Å². The lowest BCUT2D eigenvalue weighted by molar-refractivity contribution is 0.0372. The minimum Gasteiger partial charge on any atom is -0.379 e. The number of hydrogen-bond acceptors (Lipinski definition) is 2. The highest BCUT2D eigenvalue weighted by Crippen LogP contribution is 1.92. The van der Waals surface area contributed by atoms with Gasteiger partial charge in [0.1, 0.15) is 0 Å². The highest BCUT2D eigenvalue weighted by atomic mass is 16.5. The summed E-state index contributed by atoms with van der Waals surface area (Å²) in [5.74, 6) is 0.616. The molecule has 0 aliphatic carbocycles. The first-order chi connectivity index (χ1) is 5.77. The first kappa shape index (κ1) is 11.9. The Hall–Kier alpha value is -0.0800. The highest BCUT2D eigenvalue weighted by Gasteiger charge is 1.93. The zero-order valence-electron chi connectivity index (χ0n) is 8.34. The predicted molar refractivity (Wildman–Crippen MR) is 51.1 cm³/mol. The molecule has 0 fully saturated rings. The fourth-order valence-corrected chi connectivity index (χ4v) is 0.743. The zero-order valence-corrected chi connectivity index (χ0v) is 8.34. The Morgan fingerprint density at radius 1 is 1.08 bits per heavy atom. The van der Waals surface area contributed by atoms with Crippen molar-refractivity contribution in [2.45, 2.75) is 26.7 Å². The fraction of sp³-hybridized carbons (Fsp3) is 0.900. The maximum atomic E-state index is 5.33. The van der Waals surface area contributed by atoms with Crippen LogP contribution >= 0.6 is 0 Å². The van der Waals surface area contributed by atoms with E-state index in [1.165, 1.54) is 0 Å². The summed E-state index contributed by atoms with van der Waals surface area (Å²) in [6.45, 7) is 11.1. The molecule has 1 radical (unpaired) electrons. The predicted octanol–water partition coefficient (Wildman–Crippen LogP) is 2.29. The summed E-state index contributed by atoms with van der Waals surface area (Å²) in [5.41, 5.74) is 0. The van der Waals surface area contributed by atoms with Crippen LogP contribution < -0.4 is 0 Å². The van der Waals surface area contributed by atoms with Crippen molar-refractivity contribution in [1.29, 1.82) is 0 Å². The van der Waals surface area contributed by atoms with Gasteiger partial charge in [-0.05, 0) is 12.3 Å². The van der Waals surface area contributed by atoms with Crippen molar-refractivity contribution in [3.63, 3.8) is 0 Å². The lowest BCUT2D eigenvalue weighted by Gasteiger charge is -2.06. The van der Waals surface area contributed by atoms with E-state index in [-0.39, 0.29) is 0 Å². The first-order valence-electron chi connectivity index (χ1n) is 4.72. The topological polar surface area (TPSA) is 18.5 Å². The van der Waals surface area contributed by atoms with E-state index in [0.29, 0.717) is 12.5 Å². The molecule has 0 aromatic carbocycles. The molecule has 0 saturated heterocycles. The molecule has 0 saturated carbocycles. The van der Waals surface area contributed by atoms with Crippen LogP contribution in [0.25, 0.3) is 0 Å². The quantitative estimate of drug-likeness (QED) is 0.524. The Morgan fingerprint density at radius 3 is 2.33 bits per heavy atom. The van der Waals surface area contributed by atoms with Crippen LogP contribution in [0.1, 0.15) is 26.7 Å². The lowest BCUT2D eigenvalue weighted by atomic mass is 10.2.